The smallest absolute Gasteiger partial charge is 0.138 e. The summed E-state index contributed by atoms with van der Waals surface area (Å²) < 4.78 is 22.0. The number of alkyl halides is 1. The van der Waals surface area contributed by atoms with Crippen LogP contribution < -0.4 is 4.74 Å². The summed E-state index contributed by atoms with van der Waals surface area (Å²) in [6, 6.07) is 12.6. The molecule has 0 aliphatic carbocycles. The molecule has 1 saturated heterocycles. The summed E-state index contributed by atoms with van der Waals surface area (Å²) in [4.78, 5) is 8.05. The van der Waals surface area contributed by atoms with E-state index in [4.69, 9.17) is 4.74 Å². The summed E-state index contributed by atoms with van der Waals surface area (Å²) in [5.41, 5.74) is -0.000319. The molecule has 0 spiro atoms. The Balaban J connectivity index is 1.39. The van der Waals surface area contributed by atoms with Gasteiger partial charge in [-0.15, -0.1) is 11.8 Å². The van der Waals surface area contributed by atoms with Crippen LogP contribution >= 0.6 is 11.8 Å². The Labute approximate surface area is 176 Å². The first kappa shape index (κ1) is 20.2. The van der Waals surface area contributed by atoms with Crippen LogP contribution in [-0.2, 0) is 0 Å². The Morgan fingerprint density at radius 3 is 2.62 bits per heavy atom. The van der Waals surface area contributed by atoms with Crippen LogP contribution in [0.1, 0.15) is 26.7 Å². The summed E-state index contributed by atoms with van der Waals surface area (Å²) in [5, 5.41) is 1.21. The van der Waals surface area contributed by atoms with Crippen molar-refractivity contribution in [2.24, 2.45) is 0 Å². The monoisotopic (exact) mass is 413 g/mol. The molecule has 4 rings (SSSR count). The standard InChI is InChI=1S/C23H28FN3OS/c1-23(2,24)16-26-11-9-18(10-12-26)28-19-4-7-22(25-15-19)27-13-8-17-14-20(29-3)5-6-21(17)27/h4-8,13-15,18H,9-12,16H2,1-3H3. The lowest BCUT2D eigenvalue weighted by Gasteiger charge is -2.34. The van der Waals surface area contributed by atoms with E-state index in [1.165, 1.54) is 10.3 Å². The molecular weight excluding hydrogens is 385 g/mol. The van der Waals surface area contributed by atoms with E-state index >= 15 is 0 Å². The zero-order valence-corrected chi connectivity index (χ0v) is 18.1. The highest BCUT2D eigenvalue weighted by atomic mass is 32.2. The zero-order valence-electron chi connectivity index (χ0n) is 17.3. The number of likely N-dealkylation sites (tertiary alicyclic amines) is 1. The van der Waals surface area contributed by atoms with Crippen LogP contribution in [0.3, 0.4) is 0 Å². The number of thioether (sulfide) groups is 1. The molecule has 3 heterocycles. The molecule has 0 amide bonds. The van der Waals surface area contributed by atoms with Crippen LogP contribution in [-0.4, -0.2) is 52.1 Å². The molecule has 154 valence electrons. The third kappa shape index (κ3) is 4.93. The molecule has 1 aliphatic heterocycles. The van der Waals surface area contributed by atoms with Gasteiger partial charge in [0.2, 0.25) is 0 Å². The van der Waals surface area contributed by atoms with Crippen molar-refractivity contribution < 1.29 is 9.13 Å². The van der Waals surface area contributed by atoms with Gasteiger partial charge in [0.1, 0.15) is 23.3 Å². The van der Waals surface area contributed by atoms with Gasteiger partial charge in [-0.25, -0.2) is 9.37 Å². The number of pyridine rings is 1. The number of ether oxygens (including phenoxy) is 1. The number of nitrogens with zero attached hydrogens (tertiary/aromatic N) is 3. The highest BCUT2D eigenvalue weighted by Crippen LogP contribution is 2.26. The number of benzene rings is 1. The minimum atomic E-state index is -1.15. The largest absolute Gasteiger partial charge is 0.489 e. The van der Waals surface area contributed by atoms with Gasteiger partial charge in [0, 0.05) is 36.1 Å². The average Bonchev–Trinajstić information content (AvgIpc) is 3.12. The van der Waals surface area contributed by atoms with Gasteiger partial charge in [0.25, 0.3) is 0 Å². The second-order valence-electron chi connectivity index (χ2n) is 8.27. The molecule has 4 nitrogen and oxygen atoms in total. The molecule has 0 radical (unpaired) electrons. The number of halogens is 1. The Kier molecular flexibility index (Phi) is 5.83. The third-order valence-electron chi connectivity index (χ3n) is 5.30. The van der Waals surface area contributed by atoms with Crippen LogP contribution in [0.4, 0.5) is 4.39 Å². The third-order valence-corrected chi connectivity index (χ3v) is 6.03. The van der Waals surface area contributed by atoms with Crippen molar-refractivity contribution in [3.05, 3.63) is 48.8 Å². The number of rotatable bonds is 6. The van der Waals surface area contributed by atoms with Crippen LogP contribution in [0.2, 0.25) is 0 Å². The van der Waals surface area contributed by atoms with Crippen LogP contribution in [0, 0.1) is 0 Å². The average molecular weight is 414 g/mol. The fraction of sp³-hybridized carbons (Fsp3) is 0.435. The first-order valence-corrected chi connectivity index (χ1v) is 11.3. The Bertz CT molecular complexity index is 956. The SMILES string of the molecule is CSc1ccc2c(ccn2-c2ccc(OC3CCN(CC(C)(C)F)CC3)cn2)c1. The van der Waals surface area contributed by atoms with Gasteiger partial charge >= 0.3 is 0 Å². The molecule has 1 aromatic carbocycles. The molecule has 6 heteroatoms. The minimum absolute atomic E-state index is 0.166. The van der Waals surface area contributed by atoms with Crippen molar-refractivity contribution >= 4 is 22.7 Å². The number of hydrogen-bond donors (Lipinski definition) is 0. The van der Waals surface area contributed by atoms with Gasteiger partial charge in [0.05, 0.1) is 11.7 Å². The van der Waals surface area contributed by atoms with E-state index in [-0.39, 0.29) is 6.10 Å². The van der Waals surface area contributed by atoms with Crippen LogP contribution in [0.5, 0.6) is 5.75 Å². The maximum Gasteiger partial charge on any atom is 0.138 e. The van der Waals surface area contributed by atoms with Crippen LogP contribution in [0.15, 0.2) is 53.7 Å². The lowest BCUT2D eigenvalue weighted by atomic mass is 10.0. The topological polar surface area (TPSA) is 30.3 Å². The Morgan fingerprint density at radius 1 is 1.17 bits per heavy atom. The molecule has 0 bridgehead atoms. The molecule has 1 aliphatic rings. The predicted molar refractivity (Wildman–Crippen MR) is 118 cm³/mol. The summed E-state index contributed by atoms with van der Waals surface area (Å²) in [6.45, 7) is 5.50. The highest BCUT2D eigenvalue weighted by molar-refractivity contribution is 7.98. The quantitative estimate of drug-likeness (QED) is 0.511. The van der Waals surface area contributed by atoms with Crippen molar-refractivity contribution in [2.45, 2.75) is 43.4 Å². The van der Waals surface area contributed by atoms with Gasteiger partial charge in [-0.1, -0.05) is 0 Å². The minimum Gasteiger partial charge on any atom is -0.489 e. The van der Waals surface area contributed by atoms with E-state index in [2.05, 4.69) is 51.2 Å². The molecule has 3 aromatic rings. The van der Waals surface area contributed by atoms with E-state index in [1.54, 1.807) is 31.8 Å². The molecule has 0 saturated carbocycles. The summed E-state index contributed by atoms with van der Waals surface area (Å²) >= 11 is 1.75. The molecule has 0 atom stereocenters. The second kappa shape index (κ2) is 8.36. The van der Waals surface area contributed by atoms with Crippen molar-refractivity contribution in [1.29, 1.82) is 0 Å². The zero-order chi connectivity index (χ0) is 20.4. The predicted octanol–water partition coefficient (Wildman–Crippen LogP) is 5.34. The maximum absolute atomic E-state index is 13.8. The number of fused-ring (bicyclic) bond motifs is 1. The van der Waals surface area contributed by atoms with Gasteiger partial charge in [-0.3, -0.25) is 4.90 Å². The Hall–Kier alpha value is -2.05. The van der Waals surface area contributed by atoms with E-state index in [0.29, 0.717) is 6.54 Å². The van der Waals surface area contributed by atoms with Gasteiger partial charge in [0.15, 0.2) is 0 Å². The molecule has 2 aromatic heterocycles. The van der Waals surface area contributed by atoms with Crippen molar-refractivity contribution in [3.63, 3.8) is 0 Å². The first-order valence-electron chi connectivity index (χ1n) is 10.1. The molecular formula is C23H28FN3OS. The summed E-state index contributed by atoms with van der Waals surface area (Å²) in [6.07, 6.45) is 7.94. The second-order valence-corrected chi connectivity index (χ2v) is 9.15. The summed E-state index contributed by atoms with van der Waals surface area (Å²) in [5.74, 6) is 1.67. The van der Waals surface area contributed by atoms with Gasteiger partial charge in [-0.2, -0.15) is 0 Å². The number of aromatic nitrogens is 2. The fourth-order valence-electron chi connectivity index (χ4n) is 3.94. The van der Waals surface area contributed by atoms with Crippen molar-refractivity contribution in [1.82, 2.24) is 14.5 Å². The molecule has 0 unspecified atom stereocenters. The fourth-order valence-corrected chi connectivity index (χ4v) is 4.39. The van der Waals surface area contributed by atoms with E-state index in [1.807, 2.05) is 12.1 Å². The van der Waals surface area contributed by atoms with Crippen molar-refractivity contribution in [3.8, 4) is 11.6 Å². The lowest BCUT2D eigenvalue weighted by molar-refractivity contribution is 0.0627. The van der Waals surface area contributed by atoms with E-state index < -0.39 is 5.67 Å². The first-order chi connectivity index (χ1) is 13.9. The lowest BCUT2D eigenvalue weighted by Crippen LogP contribution is -2.43. The maximum atomic E-state index is 13.8. The van der Waals surface area contributed by atoms with Gasteiger partial charge in [-0.05, 0) is 69.3 Å². The normalized spacial score (nSPS) is 16.4. The Morgan fingerprint density at radius 2 is 1.97 bits per heavy atom. The molecule has 0 N–H and O–H groups in total. The number of hydrogen-bond acceptors (Lipinski definition) is 4. The number of piperidine rings is 1. The molecule has 1 fully saturated rings. The van der Waals surface area contributed by atoms with E-state index in [9.17, 15) is 4.39 Å². The van der Waals surface area contributed by atoms with Crippen LogP contribution in [0.25, 0.3) is 16.7 Å². The molecule has 29 heavy (non-hydrogen) atoms. The van der Waals surface area contributed by atoms with E-state index in [0.717, 1.165) is 43.0 Å². The highest BCUT2D eigenvalue weighted by Gasteiger charge is 2.26. The van der Waals surface area contributed by atoms with Gasteiger partial charge < -0.3 is 9.30 Å². The van der Waals surface area contributed by atoms with Crippen molar-refractivity contribution in [2.75, 3.05) is 25.9 Å². The summed E-state index contributed by atoms with van der Waals surface area (Å²) in [7, 11) is 0.